The van der Waals surface area contributed by atoms with E-state index in [-0.39, 0.29) is 10.8 Å². The van der Waals surface area contributed by atoms with Crippen LogP contribution >= 0.6 is 11.3 Å². The molecule has 11 heteroatoms. The van der Waals surface area contributed by atoms with Gasteiger partial charge in [-0.15, -0.1) is 11.3 Å². The second-order valence-corrected chi connectivity index (χ2v) is 7.76. The molecule has 2 aromatic carbocycles. The fourth-order valence-electron chi connectivity index (χ4n) is 2.92. The van der Waals surface area contributed by atoms with E-state index in [1.54, 1.807) is 54.2 Å². The third kappa shape index (κ3) is 5.10. The van der Waals surface area contributed by atoms with Gasteiger partial charge in [0.05, 0.1) is 16.2 Å². The molecule has 1 amide bonds. The molecule has 0 saturated carbocycles. The van der Waals surface area contributed by atoms with Crippen molar-refractivity contribution in [1.29, 1.82) is 0 Å². The first-order valence-electron chi connectivity index (χ1n) is 9.73. The zero-order valence-electron chi connectivity index (χ0n) is 17.2. The van der Waals surface area contributed by atoms with Crippen LogP contribution < -0.4 is 5.32 Å². The van der Waals surface area contributed by atoms with Gasteiger partial charge in [-0.2, -0.15) is 0 Å². The minimum atomic E-state index is -1.06. The maximum absolute atomic E-state index is 12.5. The molecule has 4 aromatic rings. The molecular formula is C22H17N5O5S. The van der Waals surface area contributed by atoms with Crippen LogP contribution in [0, 0.1) is 10.1 Å². The molecule has 0 fully saturated rings. The third-order valence-corrected chi connectivity index (χ3v) is 5.39. The maximum atomic E-state index is 12.5. The number of nitro benzene ring substituents is 1. The zero-order valence-corrected chi connectivity index (χ0v) is 18.0. The summed E-state index contributed by atoms with van der Waals surface area (Å²) in [4.78, 5) is 46.7. The number of carbonyl (C=O) groups is 2. The molecule has 0 aliphatic heterocycles. The Balaban J connectivity index is 1.36. The Hall–Kier alpha value is -4.38. The standard InChI is InChI=1S/C22H17N5O5S/c1-13(32-21(29)15-7-5-14(6-8-15)19-23-9-10-24-19)20(28)26-22-25-18(12-33-22)16-3-2-4-17(11-16)27(30)31/h2-13H,1H3,(H,23,24)(H,25,26,28). The topological polar surface area (TPSA) is 140 Å². The molecule has 33 heavy (non-hydrogen) atoms. The Labute approximate surface area is 191 Å². The van der Waals surface area contributed by atoms with E-state index in [0.29, 0.717) is 22.6 Å². The molecule has 0 aliphatic rings. The molecule has 4 rings (SSSR count). The average molecular weight is 463 g/mol. The van der Waals surface area contributed by atoms with E-state index in [4.69, 9.17) is 4.74 Å². The van der Waals surface area contributed by atoms with Gasteiger partial charge in [0.2, 0.25) is 0 Å². The molecule has 2 aromatic heterocycles. The number of H-pyrrole nitrogens is 1. The number of amides is 1. The molecule has 1 unspecified atom stereocenters. The highest BCUT2D eigenvalue weighted by molar-refractivity contribution is 7.14. The zero-order chi connectivity index (χ0) is 23.4. The van der Waals surface area contributed by atoms with Crippen LogP contribution in [0.5, 0.6) is 0 Å². The number of ether oxygens (including phenoxy) is 1. The van der Waals surface area contributed by atoms with Crippen molar-refractivity contribution in [3.8, 4) is 22.6 Å². The van der Waals surface area contributed by atoms with Crippen LogP contribution in [0.3, 0.4) is 0 Å². The second kappa shape index (κ2) is 9.40. The SMILES string of the molecule is CC(OC(=O)c1ccc(-c2ncc[nH]2)cc1)C(=O)Nc1nc(-c2cccc([N+](=O)[O-])c2)cs1. The van der Waals surface area contributed by atoms with E-state index in [9.17, 15) is 19.7 Å². The van der Waals surface area contributed by atoms with Crippen molar-refractivity contribution in [3.63, 3.8) is 0 Å². The van der Waals surface area contributed by atoms with Crippen LogP contribution in [-0.4, -0.2) is 37.9 Å². The fraction of sp³-hybridized carbons (Fsp3) is 0.0909. The third-order valence-electron chi connectivity index (χ3n) is 4.63. The van der Waals surface area contributed by atoms with Gasteiger partial charge in [0.1, 0.15) is 5.82 Å². The number of aromatic nitrogens is 3. The first-order valence-corrected chi connectivity index (χ1v) is 10.6. The van der Waals surface area contributed by atoms with E-state index < -0.39 is 22.9 Å². The predicted octanol–water partition coefficient (Wildman–Crippen LogP) is 4.29. The number of thiazole rings is 1. The van der Waals surface area contributed by atoms with Crippen LogP contribution in [-0.2, 0) is 9.53 Å². The Morgan fingerprint density at radius 2 is 1.97 bits per heavy atom. The Morgan fingerprint density at radius 1 is 1.18 bits per heavy atom. The molecule has 166 valence electrons. The number of nitrogens with one attached hydrogen (secondary N) is 2. The van der Waals surface area contributed by atoms with Crippen LogP contribution in [0.15, 0.2) is 66.3 Å². The lowest BCUT2D eigenvalue weighted by Gasteiger charge is -2.12. The van der Waals surface area contributed by atoms with Crippen LogP contribution in [0.1, 0.15) is 17.3 Å². The van der Waals surface area contributed by atoms with E-state index in [1.807, 2.05) is 0 Å². The van der Waals surface area contributed by atoms with Crippen LogP contribution in [0.4, 0.5) is 10.8 Å². The molecule has 2 N–H and O–H groups in total. The quantitative estimate of drug-likeness (QED) is 0.237. The summed E-state index contributed by atoms with van der Waals surface area (Å²) in [5.41, 5.74) is 2.10. The molecule has 0 spiro atoms. The molecule has 0 radical (unpaired) electrons. The Kier molecular flexibility index (Phi) is 6.22. The number of rotatable bonds is 7. The van der Waals surface area contributed by atoms with Gasteiger partial charge in [0.15, 0.2) is 11.2 Å². The monoisotopic (exact) mass is 463 g/mol. The second-order valence-electron chi connectivity index (χ2n) is 6.90. The van der Waals surface area contributed by atoms with Gasteiger partial charge < -0.3 is 9.72 Å². The van der Waals surface area contributed by atoms with Crippen molar-refractivity contribution >= 4 is 34.0 Å². The lowest BCUT2D eigenvalue weighted by Crippen LogP contribution is -2.29. The van der Waals surface area contributed by atoms with Gasteiger partial charge in [-0.1, -0.05) is 24.3 Å². The number of anilines is 1. The van der Waals surface area contributed by atoms with Crippen molar-refractivity contribution in [2.45, 2.75) is 13.0 Å². The van der Waals surface area contributed by atoms with Gasteiger partial charge in [-0.05, 0) is 19.1 Å². The molecular weight excluding hydrogens is 446 g/mol. The van der Waals surface area contributed by atoms with E-state index in [0.717, 1.165) is 16.9 Å². The number of non-ortho nitro benzene ring substituents is 1. The largest absolute Gasteiger partial charge is 0.449 e. The minimum Gasteiger partial charge on any atom is -0.449 e. The van der Waals surface area contributed by atoms with E-state index >= 15 is 0 Å². The number of esters is 1. The molecule has 1 atom stereocenters. The normalized spacial score (nSPS) is 11.5. The summed E-state index contributed by atoms with van der Waals surface area (Å²) < 4.78 is 5.26. The van der Waals surface area contributed by atoms with Crippen molar-refractivity contribution in [2.24, 2.45) is 0 Å². The van der Waals surface area contributed by atoms with E-state index in [1.165, 1.54) is 19.1 Å². The number of carbonyl (C=O) groups excluding carboxylic acids is 2. The smallest absolute Gasteiger partial charge is 0.338 e. The van der Waals surface area contributed by atoms with Crippen LogP contribution in [0.25, 0.3) is 22.6 Å². The van der Waals surface area contributed by atoms with Crippen molar-refractivity contribution in [3.05, 3.63) is 82.0 Å². The molecule has 0 aliphatic carbocycles. The van der Waals surface area contributed by atoms with Gasteiger partial charge in [-0.3, -0.25) is 20.2 Å². The first-order chi connectivity index (χ1) is 15.9. The van der Waals surface area contributed by atoms with Crippen LogP contribution in [0.2, 0.25) is 0 Å². The average Bonchev–Trinajstić information content (AvgIpc) is 3.52. The Bertz CT molecular complexity index is 1300. The molecule has 2 heterocycles. The molecule has 0 bridgehead atoms. The van der Waals surface area contributed by atoms with Gasteiger partial charge in [-0.25, -0.2) is 14.8 Å². The summed E-state index contributed by atoms with van der Waals surface area (Å²) in [7, 11) is 0. The number of imidazole rings is 1. The summed E-state index contributed by atoms with van der Waals surface area (Å²) in [5, 5.41) is 15.5. The highest BCUT2D eigenvalue weighted by atomic mass is 32.1. The summed E-state index contributed by atoms with van der Waals surface area (Å²) >= 11 is 1.16. The van der Waals surface area contributed by atoms with Crippen molar-refractivity contribution in [1.82, 2.24) is 15.0 Å². The highest BCUT2D eigenvalue weighted by Crippen LogP contribution is 2.27. The van der Waals surface area contributed by atoms with Gasteiger partial charge in [0.25, 0.3) is 11.6 Å². The number of nitrogens with zero attached hydrogens (tertiary/aromatic N) is 3. The van der Waals surface area contributed by atoms with Crippen molar-refractivity contribution in [2.75, 3.05) is 5.32 Å². The van der Waals surface area contributed by atoms with Crippen molar-refractivity contribution < 1.29 is 19.2 Å². The lowest BCUT2D eigenvalue weighted by atomic mass is 10.1. The number of nitro groups is 1. The first kappa shape index (κ1) is 21.8. The predicted molar refractivity (Wildman–Crippen MR) is 122 cm³/mol. The number of aromatic amines is 1. The highest BCUT2D eigenvalue weighted by Gasteiger charge is 2.20. The van der Waals surface area contributed by atoms with Gasteiger partial charge in [0, 0.05) is 41.0 Å². The number of benzene rings is 2. The summed E-state index contributed by atoms with van der Waals surface area (Å²) in [6.07, 6.45) is 2.27. The summed E-state index contributed by atoms with van der Waals surface area (Å²) in [6, 6.07) is 12.7. The Morgan fingerprint density at radius 3 is 2.67 bits per heavy atom. The fourth-order valence-corrected chi connectivity index (χ4v) is 3.64. The summed E-state index contributed by atoms with van der Waals surface area (Å²) in [5.74, 6) is -0.508. The lowest BCUT2D eigenvalue weighted by molar-refractivity contribution is -0.384. The summed E-state index contributed by atoms with van der Waals surface area (Å²) in [6.45, 7) is 1.46. The maximum Gasteiger partial charge on any atom is 0.338 e. The number of hydrogen-bond acceptors (Lipinski definition) is 8. The minimum absolute atomic E-state index is 0.0520. The molecule has 10 nitrogen and oxygen atoms in total. The van der Waals surface area contributed by atoms with E-state index in [2.05, 4.69) is 20.3 Å². The molecule has 0 saturated heterocycles. The van der Waals surface area contributed by atoms with Gasteiger partial charge >= 0.3 is 5.97 Å². The number of hydrogen-bond donors (Lipinski definition) is 2.